The Kier molecular flexibility index (Phi) is 5.43. The predicted molar refractivity (Wildman–Crippen MR) is 85.2 cm³/mol. The Labute approximate surface area is 125 Å². The van der Waals surface area contributed by atoms with Crippen LogP contribution in [0.5, 0.6) is 0 Å². The Hall–Kier alpha value is 0.300. The first kappa shape index (κ1) is 14.7. The Morgan fingerprint density at radius 1 is 1.11 bits per heavy atom. The first-order chi connectivity index (χ1) is 8.42. The van der Waals surface area contributed by atoms with Gasteiger partial charge in [-0.3, -0.25) is 4.90 Å². The van der Waals surface area contributed by atoms with Crippen molar-refractivity contribution in [1.29, 1.82) is 0 Å². The van der Waals surface area contributed by atoms with Crippen LogP contribution in [-0.4, -0.2) is 29.5 Å². The lowest BCUT2D eigenvalue weighted by molar-refractivity contribution is 0.0750. The van der Waals surface area contributed by atoms with E-state index in [0.29, 0.717) is 5.54 Å². The van der Waals surface area contributed by atoms with E-state index < -0.39 is 0 Å². The van der Waals surface area contributed by atoms with Crippen LogP contribution in [0.25, 0.3) is 0 Å². The van der Waals surface area contributed by atoms with Gasteiger partial charge in [-0.05, 0) is 56.0 Å². The Balaban J connectivity index is 0.00000120. The van der Waals surface area contributed by atoms with Crippen LogP contribution in [0, 0.1) is 0 Å². The van der Waals surface area contributed by atoms with Crippen LogP contribution >= 0.6 is 35.5 Å². The fourth-order valence-corrected chi connectivity index (χ4v) is 5.63. The minimum atomic E-state index is 0. The summed E-state index contributed by atoms with van der Waals surface area (Å²) in [7, 11) is 0. The summed E-state index contributed by atoms with van der Waals surface area (Å²) in [6.07, 6.45) is 7.00. The van der Waals surface area contributed by atoms with Gasteiger partial charge in [0.05, 0.1) is 5.54 Å². The maximum absolute atomic E-state index is 2.80. The maximum atomic E-state index is 2.80. The smallest absolute Gasteiger partial charge is 0.0645 e. The van der Waals surface area contributed by atoms with Gasteiger partial charge in [0.25, 0.3) is 0 Å². The minimum Gasteiger partial charge on any atom is -0.292 e. The van der Waals surface area contributed by atoms with Crippen molar-refractivity contribution in [2.24, 2.45) is 0 Å². The third-order valence-electron chi connectivity index (χ3n) is 4.16. The molecule has 1 nitrogen and oxygen atoms in total. The third kappa shape index (κ3) is 2.74. The number of thioether (sulfide) groups is 1. The fraction of sp³-hybridized carbons (Fsp3) is 0.714. The van der Waals surface area contributed by atoms with Crippen LogP contribution in [0.1, 0.15) is 37.0 Å². The van der Waals surface area contributed by atoms with Crippen molar-refractivity contribution in [3.05, 3.63) is 22.4 Å². The van der Waals surface area contributed by atoms with Gasteiger partial charge in [0.2, 0.25) is 0 Å². The van der Waals surface area contributed by atoms with Crippen LogP contribution in [0.4, 0.5) is 0 Å². The van der Waals surface area contributed by atoms with Gasteiger partial charge in [0.15, 0.2) is 0 Å². The van der Waals surface area contributed by atoms with E-state index in [9.17, 15) is 0 Å². The summed E-state index contributed by atoms with van der Waals surface area (Å²) in [5.74, 6) is 2.68. The zero-order valence-electron chi connectivity index (χ0n) is 10.8. The number of nitrogens with zero attached hydrogens (tertiary/aromatic N) is 1. The highest BCUT2D eigenvalue weighted by atomic mass is 35.5. The molecule has 1 unspecified atom stereocenters. The van der Waals surface area contributed by atoms with Crippen molar-refractivity contribution in [1.82, 2.24) is 4.90 Å². The normalized spacial score (nSPS) is 29.8. The summed E-state index contributed by atoms with van der Waals surface area (Å²) in [6, 6.07) is 4.59. The molecule has 0 aromatic carbocycles. The van der Waals surface area contributed by atoms with Crippen molar-refractivity contribution in [2.45, 2.75) is 37.6 Å². The number of hydrogen-bond acceptors (Lipinski definition) is 3. The standard InChI is InChI=1S/C14H21NS2.ClH/c1-2-8-15(9-3-1)14(7-5-10-16-12-14)13-6-4-11-17-13;/h4,6,11H,1-3,5,7-10,12H2;1H. The monoisotopic (exact) mass is 303 g/mol. The van der Waals surface area contributed by atoms with E-state index in [2.05, 4.69) is 34.2 Å². The molecule has 2 saturated heterocycles. The highest BCUT2D eigenvalue weighted by Gasteiger charge is 2.40. The highest BCUT2D eigenvalue weighted by Crippen LogP contribution is 2.43. The van der Waals surface area contributed by atoms with E-state index in [1.54, 1.807) is 4.88 Å². The molecule has 0 saturated carbocycles. The second-order valence-corrected chi connectivity index (χ2v) is 7.27. The molecule has 0 bridgehead atoms. The molecule has 18 heavy (non-hydrogen) atoms. The lowest BCUT2D eigenvalue weighted by atomic mass is 9.89. The average Bonchev–Trinajstić information content (AvgIpc) is 2.95. The van der Waals surface area contributed by atoms with Gasteiger partial charge >= 0.3 is 0 Å². The Morgan fingerprint density at radius 3 is 2.56 bits per heavy atom. The zero-order chi connectivity index (χ0) is 11.6. The van der Waals surface area contributed by atoms with Gasteiger partial charge < -0.3 is 0 Å². The lowest BCUT2D eigenvalue weighted by Gasteiger charge is -2.47. The summed E-state index contributed by atoms with van der Waals surface area (Å²) < 4.78 is 0. The van der Waals surface area contributed by atoms with Crippen LogP contribution in [-0.2, 0) is 5.54 Å². The molecular weight excluding hydrogens is 282 g/mol. The van der Waals surface area contributed by atoms with E-state index >= 15 is 0 Å². The van der Waals surface area contributed by atoms with E-state index in [4.69, 9.17) is 0 Å². The topological polar surface area (TPSA) is 3.24 Å². The molecule has 102 valence electrons. The molecule has 2 aliphatic rings. The fourth-order valence-electron chi connectivity index (χ4n) is 3.24. The summed E-state index contributed by atoms with van der Waals surface area (Å²) in [5, 5.41) is 2.25. The molecule has 2 aliphatic heterocycles. The molecule has 4 heteroatoms. The molecule has 3 heterocycles. The molecule has 0 spiro atoms. The highest BCUT2D eigenvalue weighted by molar-refractivity contribution is 7.99. The predicted octanol–water partition coefficient (Wildman–Crippen LogP) is 4.38. The van der Waals surface area contributed by atoms with Crippen LogP contribution < -0.4 is 0 Å². The Morgan fingerprint density at radius 2 is 1.94 bits per heavy atom. The molecule has 1 atom stereocenters. The number of likely N-dealkylation sites (tertiary alicyclic amines) is 1. The van der Waals surface area contributed by atoms with Crippen molar-refractivity contribution < 1.29 is 0 Å². The number of thiophene rings is 1. The molecule has 0 radical (unpaired) electrons. The maximum Gasteiger partial charge on any atom is 0.0645 e. The van der Waals surface area contributed by atoms with Gasteiger partial charge in [-0.1, -0.05) is 12.5 Å². The number of halogens is 1. The summed E-state index contributed by atoms with van der Waals surface area (Å²) in [6.45, 7) is 2.64. The van der Waals surface area contributed by atoms with E-state index in [0.717, 1.165) is 0 Å². The zero-order valence-corrected chi connectivity index (χ0v) is 13.2. The average molecular weight is 304 g/mol. The van der Waals surface area contributed by atoms with Crippen molar-refractivity contribution >= 4 is 35.5 Å². The molecule has 3 rings (SSSR count). The first-order valence-corrected chi connectivity index (χ1v) is 8.82. The molecule has 1 aromatic heterocycles. The first-order valence-electron chi connectivity index (χ1n) is 6.79. The van der Waals surface area contributed by atoms with Crippen molar-refractivity contribution in [3.63, 3.8) is 0 Å². The van der Waals surface area contributed by atoms with Gasteiger partial charge in [0.1, 0.15) is 0 Å². The van der Waals surface area contributed by atoms with Gasteiger partial charge in [0, 0.05) is 10.6 Å². The molecule has 0 amide bonds. The van der Waals surface area contributed by atoms with Crippen LogP contribution in [0.3, 0.4) is 0 Å². The Bertz CT molecular complexity index is 341. The van der Waals surface area contributed by atoms with E-state index in [-0.39, 0.29) is 12.4 Å². The minimum absolute atomic E-state index is 0. The lowest BCUT2D eigenvalue weighted by Crippen LogP contribution is -2.51. The number of piperidine rings is 1. The molecule has 0 N–H and O–H groups in total. The summed E-state index contributed by atoms with van der Waals surface area (Å²) in [5.41, 5.74) is 0.386. The van der Waals surface area contributed by atoms with Crippen molar-refractivity contribution in [3.8, 4) is 0 Å². The van der Waals surface area contributed by atoms with Gasteiger partial charge in [-0.15, -0.1) is 23.7 Å². The van der Waals surface area contributed by atoms with E-state index in [1.807, 2.05) is 11.3 Å². The van der Waals surface area contributed by atoms with Gasteiger partial charge in [-0.25, -0.2) is 0 Å². The molecule has 1 aromatic rings. The quantitative estimate of drug-likeness (QED) is 0.798. The van der Waals surface area contributed by atoms with Crippen LogP contribution in [0.2, 0.25) is 0 Å². The van der Waals surface area contributed by atoms with E-state index in [1.165, 1.54) is 56.7 Å². The molecule has 0 aliphatic carbocycles. The molecule has 2 fully saturated rings. The SMILES string of the molecule is Cl.c1csc(C2(N3CCCCC3)CCCSC2)c1. The summed E-state index contributed by atoms with van der Waals surface area (Å²) in [4.78, 5) is 4.42. The second kappa shape index (κ2) is 6.65. The van der Waals surface area contributed by atoms with Crippen LogP contribution in [0.15, 0.2) is 17.5 Å². The second-order valence-electron chi connectivity index (χ2n) is 5.21. The number of rotatable bonds is 2. The number of hydrogen-bond donors (Lipinski definition) is 0. The van der Waals surface area contributed by atoms with Gasteiger partial charge in [-0.2, -0.15) is 11.8 Å². The third-order valence-corrected chi connectivity index (χ3v) is 6.48. The largest absolute Gasteiger partial charge is 0.292 e. The van der Waals surface area contributed by atoms with Crippen molar-refractivity contribution in [2.75, 3.05) is 24.6 Å². The summed E-state index contributed by atoms with van der Waals surface area (Å²) >= 11 is 4.13. The molecular formula is C14H22ClNS2.